The molecule has 0 bridgehead atoms. The zero-order valence-corrected chi connectivity index (χ0v) is 16.4. The van der Waals surface area contributed by atoms with Crippen LogP contribution in [0.3, 0.4) is 0 Å². The summed E-state index contributed by atoms with van der Waals surface area (Å²) in [6, 6.07) is 22.1. The van der Waals surface area contributed by atoms with Gasteiger partial charge in [-0.15, -0.1) is 0 Å². The van der Waals surface area contributed by atoms with Crippen LogP contribution in [0.4, 0.5) is 17.1 Å². The molecule has 0 atom stereocenters. The molecule has 0 radical (unpaired) electrons. The fourth-order valence-corrected chi connectivity index (χ4v) is 2.55. The number of methoxy groups -OCH3 is 1. The minimum atomic E-state index is -0.0568. The van der Waals surface area contributed by atoms with E-state index >= 15 is 0 Å². The largest absolute Gasteiger partial charge is 0.504 e. The highest BCUT2D eigenvalue weighted by Gasteiger charge is 2.09. The number of anilines is 1. The van der Waals surface area contributed by atoms with E-state index in [1.165, 1.54) is 13.3 Å². The van der Waals surface area contributed by atoms with E-state index in [0.29, 0.717) is 22.1 Å². The molecule has 0 aliphatic carbocycles. The van der Waals surface area contributed by atoms with Crippen molar-refractivity contribution in [3.63, 3.8) is 0 Å². The third-order valence-corrected chi connectivity index (χ3v) is 3.94. The highest BCUT2D eigenvalue weighted by Crippen LogP contribution is 2.34. The molecule has 0 amide bonds. The van der Waals surface area contributed by atoms with E-state index in [-0.39, 0.29) is 11.5 Å². The fraction of sp³-hybridized carbons (Fsp3) is 0.0476. The molecule has 0 spiro atoms. The number of phenols is 1. The Bertz CT molecular complexity index is 1020. The Morgan fingerprint density at radius 1 is 0.966 bits per heavy atom. The van der Waals surface area contributed by atoms with Crippen LogP contribution >= 0.6 is 12.2 Å². The van der Waals surface area contributed by atoms with Gasteiger partial charge in [-0.25, -0.2) is 0 Å². The van der Waals surface area contributed by atoms with Gasteiger partial charge in [0.15, 0.2) is 16.6 Å². The molecule has 0 saturated carbocycles. The summed E-state index contributed by atoms with van der Waals surface area (Å²) in [5, 5.41) is 26.1. The molecule has 0 saturated heterocycles. The first kappa shape index (κ1) is 20.0. The van der Waals surface area contributed by atoms with Crippen molar-refractivity contribution in [2.75, 3.05) is 12.4 Å². The lowest BCUT2D eigenvalue weighted by molar-refractivity contribution is 0.373. The van der Waals surface area contributed by atoms with Gasteiger partial charge in [0.05, 0.1) is 24.7 Å². The Hall–Kier alpha value is -3.78. The summed E-state index contributed by atoms with van der Waals surface area (Å²) in [6.45, 7) is 0. The quantitative estimate of drug-likeness (QED) is 0.229. The fourth-order valence-electron chi connectivity index (χ4n) is 2.38. The van der Waals surface area contributed by atoms with Gasteiger partial charge in [-0.05, 0) is 42.5 Å². The predicted octanol–water partition coefficient (Wildman–Crippen LogP) is 5.14. The Morgan fingerprint density at radius 3 is 2.31 bits per heavy atom. The third kappa shape index (κ3) is 5.85. The summed E-state index contributed by atoms with van der Waals surface area (Å²) in [5.74, 6) is 0.208. The molecule has 0 fully saturated rings. The van der Waals surface area contributed by atoms with Crippen LogP contribution < -0.4 is 15.5 Å². The Kier molecular flexibility index (Phi) is 6.85. The first-order valence-electron chi connectivity index (χ1n) is 8.68. The van der Waals surface area contributed by atoms with Crippen LogP contribution in [0.5, 0.6) is 11.5 Å². The number of ether oxygens (including phenoxy) is 1. The van der Waals surface area contributed by atoms with Gasteiger partial charge in [-0.2, -0.15) is 15.3 Å². The molecule has 3 N–H and O–H groups in total. The first-order valence-corrected chi connectivity index (χ1v) is 9.09. The van der Waals surface area contributed by atoms with Gasteiger partial charge in [0.1, 0.15) is 0 Å². The van der Waals surface area contributed by atoms with Crippen molar-refractivity contribution in [3.8, 4) is 11.5 Å². The minimum absolute atomic E-state index is 0.0568. The van der Waals surface area contributed by atoms with Crippen molar-refractivity contribution in [2.24, 2.45) is 15.3 Å². The second-order valence-electron chi connectivity index (χ2n) is 5.81. The number of rotatable bonds is 6. The smallest absolute Gasteiger partial charge is 0.191 e. The average molecular weight is 405 g/mol. The van der Waals surface area contributed by atoms with Gasteiger partial charge >= 0.3 is 0 Å². The second-order valence-corrected chi connectivity index (χ2v) is 6.22. The molecule has 0 aromatic heterocycles. The molecule has 146 valence electrons. The van der Waals surface area contributed by atoms with Crippen LogP contribution in [0.1, 0.15) is 5.56 Å². The number of nitrogens with one attached hydrogen (secondary N) is 2. The standard InChI is InChI=1S/C21H19N5O2S/c1-28-19-13-18(25-24-17-10-6-3-7-11-17)12-15(20(19)27)14-22-26-21(29)23-16-8-4-2-5-9-16/h2-14,27H,1H3,(H2,23,26,29). The molecule has 0 aliphatic heterocycles. The van der Waals surface area contributed by atoms with Crippen molar-refractivity contribution in [2.45, 2.75) is 0 Å². The van der Waals surface area contributed by atoms with E-state index in [1.54, 1.807) is 12.1 Å². The number of para-hydroxylation sites is 1. The van der Waals surface area contributed by atoms with E-state index in [1.807, 2.05) is 60.7 Å². The summed E-state index contributed by atoms with van der Waals surface area (Å²) >= 11 is 5.20. The van der Waals surface area contributed by atoms with Gasteiger partial charge in [-0.1, -0.05) is 36.4 Å². The van der Waals surface area contributed by atoms with Crippen molar-refractivity contribution < 1.29 is 9.84 Å². The molecular formula is C21H19N5O2S. The maximum atomic E-state index is 10.3. The predicted molar refractivity (Wildman–Crippen MR) is 119 cm³/mol. The third-order valence-electron chi connectivity index (χ3n) is 3.75. The topological polar surface area (TPSA) is 90.6 Å². The SMILES string of the molecule is COc1cc(N=Nc2ccccc2)cc(C=NNC(=S)Nc2ccccc2)c1O. The van der Waals surface area contributed by atoms with E-state index in [2.05, 4.69) is 26.1 Å². The highest BCUT2D eigenvalue weighted by molar-refractivity contribution is 7.80. The van der Waals surface area contributed by atoms with E-state index < -0.39 is 0 Å². The number of hydrogen-bond donors (Lipinski definition) is 3. The van der Waals surface area contributed by atoms with Gasteiger partial charge in [0, 0.05) is 17.3 Å². The number of nitrogens with zero attached hydrogens (tertiary/aromatic N) is 3. The maximum Gasteiger partial charge on any atom is 0.191 e. The lowest BCUT2D eigenvalue weighted by Crippen LogP contribution is -2.23. The summed E-state index contributed by atoms with van der Waals surface area (Å²) in [5.41, 5.74) is 5.18. The van der Waals surface area contributed by atoms with Gasteiger partial charge < -0.3 is 15.2 Å². The number of hydrogen-bond acceptors (Lipinski definition) is 6. The summed E-state index contributed by atoms with van der Waals surface area (Å²) in [4.78, 5) is 0. The highest BCUT2D eigenvalue weighted by atomic mass is 32.1. The molecule has 3 rings (SSSR count). The number of benzene rings is 3. The monoisotopic (exact) mass is 405 g/mol. The zero-order chi connectivity index (χ0) is 20.5. The number of phenolic OH excluding ortho intramolecular Hbond substituents is 1. The lowest BCUT2D eigenvalue weighted by atomic mass is 10.2. The summed E-state index contributed by atoms with van der Waals surface area (Å²) in [7, 11) is 1.46. The van der Waals surface area contributed by atoms with Crippen molar-refractivity contribution in [3.05, 3.63) is 78.4 Å². The van der Waals surface area contributed by atoms with E-state index in [0.717, 1.165) is 5.69 Å². The van der Waals surface area contributed by atoms with Crippen LogP contribution in [-0.2, 0) is 0 Å². The Morgan fingerprint density at radius 2 is 1.62 bits per heavy atom. The molecule has 0 heterocycles. The van der Waals surface area contributed by atoms with Gasteiger partial charge in [-0.3, -0.25) is 5.43 Å². The van der Waals surface area contributed by atoms with Crippen molar-refractivity contribution >= 4 is 40.6 Å². The van der Waals surface area contributed by atoms with Crippen LogP contribution in [0.15, 0.2) is 88.1 Å². The molecular weight excluding hydrogens is 386 g/mol. The van der Waals surface area contributed by atoms with Crippen LogP contribution in [0.2, 0.25) is 0 Å². The molecule has 3 aromatic carbocycles. The number of azo groups is 1. The van der Waals surface area contributed by atoms with Crippen LogP contribution in [0.25, 0.3) is 0 Å². The molecule has 7 nitrogen and oxygen atoms in total. The Labute approximate surface area is 173 Å². The number of thiocarbonyl (C=S) groups is 1. The average Bonchev–Trinajstić information content (AvgIpc) is 2.75. The molecule has 3 aromatic rings. The maximum absolute atomic E-state index is 10.3. The summed E-state index contributed by atoms with van der Waals surface area (Å²) < 4.78 is 5.21. The molecule has 8 heteroatoms. The summed E-state index contributed by atoms with van der Waals surface area (Å²) in [6.07, 6.45) is 1.43. The molecule has 29 heavy (non-hydrogen) atoms. The molecule has 0 aliphatic rings. The van der Waals surface area contributed by atoms with Crippen molar-refractivity contribution in [1.82, 2.24) is 5.43 Å². The molecule has 0 unspecified atom stereocenters. The second kappa shape index (κ2) is 9.95. The van der Waals surface area contributed by atoms with Gasteiger partial charge in [0.25, 0.3) is 0 Å². The van der Waals surface area contributed by atoms with Gasteiger partial charge in [0.2, 0.25) is 0 Å². The zero-order valence-electron chi connectivity index (χ0n) is 15.6. The Balaban J connectivity index is 1.73. The van der Waals surface area contributed by atoms with E-state index in [4.69, 9.17) is 17.0 Å². The normalized spacial score (nSPS) is 10.9. The van der Waals surface area contributed by atoms with Crippen LogP contribution in [0, 0.1) is 0 Å². The minimum Gasteiger partial charge on any atom is -0.504 e. The first-order chi connectivity index (χ1) is 14.2. The van der Waals surface area contributed by atoms with E-state index in [9.17, 15) is 5.11 Å². The van der Waals surface area contributed by atoms with Crippen molar-refractivity contribution in [1.29, 1.82) is 0 Å². The lowest BCUT2D eigenvalue weighted by Gasteiger charge is -2.08. The number of aromatic hydroxyl groups is 1. The number of hydrazone groups is 1. The van der Waals surface area contributed by atoms with Crippen LogP contribution in [-0.4, -0.2) is 23.5 Å².